The van der Waals surface area contributed by atoms with E-state index in [1.807, 2.05) is 0 Å². The Morgan fingerprint density at radius 3 is 2.42 bits per heavy atom. The lowest BCUT2D eigenvalue weighted by Crippen LogP contribution is -2.38. The lowest BCUT2D eigenvalue weighted by Gasteiger charge is -2.15. The molecule has 0 aromatic heterocycles. The SMILES string of the molecule is CONC(CC(=O)c1ccccc1)C(=O)c1cccc([N+](=O)[O-])c1. The van der Waals surface area contributed by atoms with Crippen LogP contribution >= 0.6 is 0 Å². The monoisotopic (exact) mass is 328 g/mol. The first-order valence-electron chi connectivity index (χ1n) is 7.18. The smallest absolute Gasteiger partial charge is 0.270 e. The number of hydrogen-bond acceptors (Lipinski definition) is 6. The Labute approximate surface area is 138 Å². The average Bonchev–Trinajstić information content (AvgIpc) is 2.61. The molecule has 0 bridgehead atoms. The summed E-state index contributed by atoms with van der Waals surface area (Å²) < 4.78 is 0. The lowest BCUT2D eigenvalue weighted by molar-refractivity contribution is -0.384. The fourth-order valence-electron chi connectivity index (χ4n) is 2.23. The van der Waals surface area contributed by atoms with Gasteiger partial charge in [0.25, 0.3) is 5.69 Å². The van der Waals surface area contributed by atoms with Crippen molar-refractivity contribution in [3.05, 3.63) is 75.8 Å². The highest BCUT2D eigenvalue weighted by molar-refractivity contribution is 6.05. The van der Waals surface area contributed by atoms with Crippen molar-refractivity contribution in [3.8, 4) is 0 Å². The van der Waals surface area contributed by atoms with Gasteiger partial charge in [-0.3, -0.25) is 19.7 Å². The number of nitrogens with one attached hydrogen (secondary N) is 1. The number of carbonyl (C=O) groups excluding carboxylic acids is 2. The molecule has 1 N–H and O–H groups in total. The third kappa shape index (κ3) is 4.31. The van der Waals surface area contributed by atoms with Crippen LogP contribution in [0.5, 0.6) is 0 Å². The Kier molecular flexibility index (Phi) is 5.89. The number of benzene rings is 2. The van der Waals surface area contributed by atoms with E-state index in [2.05, 4.69) is 5.48 Å². The second-order valence-electron chi connectivity index (χ2n) is 5.04. The highest BCUT2D eigenvalue weighted by atomic mass is 16.6. The number of nitro groups is 1. The van der Waals surface area contributed by atoms with Gasteiger partial charge in [0.15, 0.2) is 11.6 Å². The second kappa shape index (κ2) is 8.09. The zero-order valence-electron chi connectivity index (χ0n) is 13.0. The molecule has 0 aliphatic carbocycles. The fourth-order valence-corrected chi connectivity index (χ4v) is 2.23. The van der Waals surface area contributed by atoms with Crippen LogP contribution < -0.4 is 5.48 Å². The predicted octanol–water partition coefficient (Wildman–Crippen LogP) is 2.57. The Morgan fingerprint density at radius 2 is 1.79 bits per heavy atom. The fraction of sp³-hybridized carbons (Fsp3) is 0.176. The van der Waals surface area contributed by atoms with E-state index >= 15 is 0 Å². The Bertz CT molecular complexity index is 746. The van der Waals surface area contributed by atoms with E-state index in [9.17, 15) is 19.7 Å². The van der Waals surface area contributed by atoms with Crippen LogP contribution in [0.15, 0.2) is 54.6 Å². The third-order valence-corrected chi connectivity index (χ3v) is 3.40. The van der Waals surface area contributed by atoms with Crippen molar-refractivity contribution >= 4 is 17.3 Å². The van der Waals surface area contributed by atoms with E-state index in [0.29, 0.717) is 5.56 Å². The van der Waals surface area contributed by atoms with E-state index in [4.69, 9.17) is 4.84 Å². The highest BCUT2D eigenvalue weighted by Crippen LogP contribution is 2.16. The zero-order valence-corrected chi connectivity index (χ0v) is 13.0. The van der Waals surface area contributed by atoms with Crippen LogP contribution in [0.3, 0.4) is 0 Å². The van der Waals surface area contributed by atoms with Crippen molar-refractivity contribution in [2.24, 2.45) is 0 Å². The molecule has 0 fully saturated rings. The van der Waals surface area contributed by atoms with Crippen molar-refractivity contribution in [3.63, 3.8) is 0 Å². The molecule has 7 heteroatoms. The van der Waals surface area contributed by atoms with E-state index in [1.54, 1.807) is 30.3 Å². The van der Waals surface area contributed by atoms with Crippen LogP contribution in [0.25, 0.3) is 0 Å². The van der Waals surface area contributed by atoms with E-state index in [0.717, 1.165) is 0 Å². The molecule has 0 amide bonds. The molecule has 2 rings (SSSR count). The van der Waals surface area contributed by atoms with Gasteiger partial charge in [0.05, 0.1) is 12.0 Å². The first kappa shape index (κ1) is 17.5. The largest absolute Gasteiger partial charge is 0.304 e. The Balaban J connectivity index is 2.20. The van der Waals surface area contributed by atoms with Crippen molar-refractivity contribution < 1.29 is 19.3 Å². The summed E-state index contributed by atoms with van der Waals surface area (Å²) in [5, 5.41) is 10.8. The molecule has 24 heavy (non-hydrogen) atoms. The van der Waals surface area contributed by atoms with Gasteiger partial charge < -0.3 is 4.84 Å². The zero-order chi connectivity index (χ0) is 17.5. The van der Waals surface area contributed by atoms with Gasteiger partial charge in [-0.15, -0.1) is 0 Å². The minimum atomic E-state index is -0.940. The van der Waals surface area contributed by atoms with Crippen LogP contribution in [0.4, 0.5) is 5.69 Å². The molecule has 7 nitrogen and oxygen atoms in total. The van der Waals surface area contributed by atoms with Crippen molar-refractivity contribution in [1.82, 2.24) is 5.48 Å². The van der Waals surface area contributed by atoms with Crippen molar-refractivity contribution in [2.75, 3.05) is 7.11 Å². The molecule has 2 aromatic rings. The number of nitrogens with zero attached hydrogens (tertiary/aromatic N) is 1. The number of non-ortho nitro benzene ring substituents is 1. The van der Waals surface area contributed by atoms with Crippen LogP contribution in [-0.4, -0.2) is 29.6 Å². The van der Waals surface area contributed by atoms with Crippen molar-refractivity contribution in [2.45, 2.75) is 12.5 Å². The molecule has 0 heterocycles. The first-order chi connectivity index (χ1) is 11.5. The summed E-state index contributed by atoms with van der Waals surface area (Å²) in [7, 11) is 1.33. The standard InChI is InChI=1S/C17H16N2O5/c1-24-18-15(11-16(20)12-6-3-2-4-7-12)17(21)13-8-5-9-14(10-13)19(22)23/h2-10,15,18H,11H2,1H3. The summed E-state index contributed by atoms with van der Waals surface area (Å²) in [6.45, 7) is 0. The quantitative estimate of drug-likeness (QED) is 0.454. The molecule has 1 unspecified atom stereocenters. The maximum absolute atomic E-state index is 12.6. The van der Waals surface area contributed by atoms with Gasteiger partial charge in [-0.2, -0.15) is 5.48 Å². The van der Waals surface area contributed by atoms with E-state index < -0.39 is 16.7 Å². The third-order valence-electron chi connectivity index (χ3n) is 3.40. The molecule has 0 saturated carbocycles. The molecule has 0 saturated heterocycles. The normalized spacial score (nSPS) is 11.7. The van der Waals surface area contributed by atoms with Gasteiger partial charge in [0.2, 0.25) is 0 Å². The second-order valence-corrected chi connectivity index (χ2v) is 5.04. The summed E-state index contributed by atoms with van der Waals surface area (Å²) in [4.78, 5) is 39.9. The highest BCUT2D eigenvalue weighted by Gasteiger charge is 2.25. The topological polar surface area (TPSA) is 98.5 Å². The summed E-state index contributed by atoms with van der Waals surface area (Å²) in [6.07, 6.45) is -0.126. The summed E-state index contributed by atoms with van der Waals surface area (Å²) in [6, 6.07) is 13.0. The molecule has 0 spiro atoms. The summed E-state index contributed by atoms with van der Waals surface area (Å²) >= 11 is 0. The summed E-state index contributed by atoms with van der Waals surface area (Å²) in [5.74, 6) is -0.686. The predicted molar refractivity (Wildman–Crippen MR) is 86.7 cm³/mol. The number of hydroxylamine groups is 1. The number of nitro benzene ring substituents is 1. The number of carbonyl (C=O) groups is 2. The van der Waals surface area contributed by atoms with Gasteiger partial charge in [0.1, 0.15) is 6.04 Å². The summed E-state index contributed by atoms with van der Waals surface area (Å²) in [5.41, 5.74) is 2.92. The van der Waals surface area contributed by atoms with Crippen molar-refractivity contribution in [1.29, 1.82) is 0 Å². The Hall–Kier alpha value is -2.90. The molecule has 2 aromatic carbocycles. The van der Waals surface area contributed by atoms with Crippen LogP contribution in [0, 0.1) is 10.1 Å². The van der Waals surface area contributed by atoms with Gasteiger partial charge in [0, 0.05) is 29.7 Å². The Morgan fingerprint density at radius 1 is 1.12 bits per heavy atom. The molecule has 0 aliphatic rings. The van der Waals surface area contributed by atoms with Gasteiger partial charge in [-0.1, -0.05) is 42.5 Å². The molecule has 0 radical (unpaired) electrons. The number of ketones is 2. The van der Waals surface area contributed by atoms with E-state index in [1.165, 1.54) is 31.4 Å². The molecular formula is C17H16N2O5. The number of hydrogen-bond donors (Lipinski definition) is 1. The molecular weight excluding hydrogens is 312 g/mol. The maximum Gasteiger partial charge on any atom is 0.270 e. The molecule has 124 valence electrons. The van der Waals surface area contributed by atoms with Crippen LogP contribution in [0.2, 0.25) is 0 Å². The number of rotatable bonds is 8. The van der Waals surface area contributed by atoms with Crippen LogP contribution in [-0.2, 0) is 4.84 Å². The maximum atomic E-state index is 12.6. The number of Topliss-reactive ketones (excluding diaryl/α,β-unsaturated/α-hetero) is 2. The molecule has 0 aliphatic heterocycles. The lowest BCUT2D eigenvalue weighted by atomic mass is 9.97. The van der Waals surface area contributed by atoms with Crippen LogP contribution in [0.1, 0.15) is 27.1 Å². The van der Waals surface area contributed by atoms with E-state index in [-0.39, 0.29) is 23.5 Å². The average molecular weight is 328 g/mol. The first-order valence-corrected chi connectivity index (χ1v) is 7.18. The van der Waals surface area contributed by atoms with Gasteiger partial charge in [-0.25, -0.2) is 0 Å². The minimum Gasteiger partial charge on any atom is -0.304 e. The van der Waals surface area contributed by atoms with Gasteiger partial charge >= 0.3 is 0 Å². The van der Waals surface area contributed by atoms with Gasteiger partial charge in [-0.05, 0) is 0 Å². The molecule has 1 atom stereocenters. The minimum absolute atomic E-state index is 0.126.